The van der Waals surface area contributed by atoms with E-state index in [-0.39, 0.29) is 18.6 Å². The molecule has 2 aromatic carbocycles. The Balaban J connectivity index is 1.48. The van der Waals surface area contributed by atoms with Crippen LogP contribution in [0.1, 0.15) is 58.8 Å². The molecule has 3 rings (SSSR count). The zero-order valence-electron chi connectivity index (χ0n) is 15.0. The first kappa shape index (κ1) is 18.0. The number of rotatable bonds is 6. The summed E-state index contributed by atoms with van der Waals surface area (Å²) in [6.45, 7) is 2.10. The van der Waals surface area contributed by atoms with E-state index in [9.17, 15) is 9.59 Å². The predicted octanol–water partition coefficient (Wildman–Crippen LogP) is 4.34. The zero-order chi connectivity index (χ0) is 18.5. The van der Waals surface area contributed by atoms with Crippen molar-refractivity contribution in [3.05, 3.63) is 70.8 Å². The monoisotopic (exact) mass is 353 g/mol. The molecule has 1 atom stereocenters. The van der Waals surface area contributed by atoms with Gasteiger partial charge in [0, 0.05) is 0 Å². The minimum absolute atomic E-state index is 0.230. The highest BCUT2D eigenvalue weighted by molar-refractivity contribution is 5.89. The van der Waals surface area contributed by atoms with E-state index in [0.717, 1.165) is 17.0 Å². The summed E-state index contributed by atoms with van der Waals surface area (Å²) in [4.78, 5) is 23.4. The van der Waals surface area contributed by atoms with Gasteiger partial charge in [0.2, 0.25) is 0 Å². The fraction of sp³-hybridized carbons (Fsp3) is 0.333. The van der Waals surface area contributed by atoms with Gasteiger partial charge in [0.05, 0.1) is 18.7 Å². The third kappa shape index (κ3) is 4.63. The molecule has 0 bridgehead atoms. The van der Waals surface area contributed by atoms with Gasteiger partial charge in [-0.1, -0.05) is 36.4 Å². The van der Waals surface area contributed by atoms with Crippen molar-refractivity contribution in [2.75, 3.05) is 7.11 Å². The van der Waals surface area contributed by atoms with E-state index in [0.29, 0.717) is 5.56 Å². The fourth-order valence-corrected chi connectivity index (χ4v) is 2.78. The summed E-state index contributed by atoms with van der Waals surface area (Å²) in [5, 5.41) is 2.79. The minimum Gasteiger partial charge on any atom is -0.465 e. The van der Waals surface area contributed by atoms with E-state index < -0.39 is 6.09 Å². The van der Waals surface area contributed by atoms with Gasteiger partial charge in [0.1, 0.15) is 6.61 Å². The van der Waals surface area contributed by atoms with Gasteiger partial charge >= 0.3 is 12.1 Å². The quantitative estimate of drug-likeness (QED) is 0.785. The van der Waals surface area contributed by atoms with Crippen LogP contribution in [0.3, 0.4) is 0 Å². The molecule has 1 aliphatic rings. The fourth-order valence-electron chi connectivity index (χ4n) is 2.78. The Morgan fingerprint density at radius 3 is 2.31 bits per heavy atom. The number of ether oxygens (including phenoxy) is 2. The highest BCUT2D eigenvalue weighted by Crippen LogP contribution is 2.39. The average molecular weight is 353 g/mol. The largest absolute Gasteiger partial charge is 0.465 e. The second kappa shape index (κ2) is 8.04. The molecule has 136 valence electrons. The number of hydrogen-bond donors (Lipinski definition) is 1. The lowest BCUT2D eigenvalue weighted by Crippen LogP contribution is -2.27. The van der Waals surface area contributed by atoms with Crippen LogP contribution in [-0.4, -0.2) is 19.2 Å². The van der Waals surface area contributed by atoms with Crippen LogP contribution in [0.5, 0.6) is 0 Å². The van der Waals surface area contributed by atoms with Crippen molar-refractivity contribution in [1.29, 1.82) is 0 Å². The van der Waals surface area contributed by atoms with Crippen molar-refractivity contribution < 1.29 is 19.1 Å². The van der Waals surface area contributed by atoms with Gasteiger partial charge in [-0.3, -0.25) is 0 Å². The Labute approximate surface area is 153 Å². The number of benzene rings is 2. The Kier molecular flexibility index (Phi) is 5.56. The first-order valence-corrected chi connectivity index (χ1v) is 8.77. The van der Waals surface area contributed by atoms with Gasteiger partial charge in [-0.2, -0.15) is 0 Å². The molecule has 5 nitrogen and oxygen atoms in total. The molecule has 0 radical (unpaired) electrons. The van der Waals surface area contributed by atoms with Crippen molar-refractivity contribution in [3.63, 3.8) is 0 Å². The number of esters is 1. The van der Waals surface area contributed by atoms with Crippen LogP contribution in [0.4, 0.5) is 4.79 Å². The highest BCUT2D eigenvalue weighted by atomic mass is 16.5. The second-order valence-corrected chi connectivity index (χ2v) is 6.57. The SMILES string of the molecule is COC(=O)c1ccc([C@H](C)NC(=O)OCc2ccc(C3CC3)cc2)cc1. The van der Waals surface area contributed by atoms with Crippen LogP contribution >= 0.6 is 0 Å². The maximum absolute atomic E-state index is 12.0. The molecule has 1 saturated carbocycles. The molecule has 0 aliphatic heterocycles. The molecular weight excluding hydrogens is 330 g/mol. The maximum Gasteiger partial charge on any atom is 0.407 e. The van der Waals surface area contributed by atoms with Crippen molar-refractivity contribution in [2.45, 2.75) is 38.3 Å². The molecule has 0 spiro atoms. The number of methoxy groups -OCH3 is 1. The lowest BCUT2D eigenvalue weighted by molar-refractivity contribution is 0.0600. The van der Waals surface area contributed by atoms with E-state index in [1.807, 2.05) is 19.1 Å². The van der Waals surface area contributed by atoms with E-state index in [2.05, 4.69) is 22.2 Å². The van der Waals surface area contributed by atoms with E-state index in [1.54, 1.807) is 24.3 Å². The smallest absolute Gasteiger partial charge is 0.407 e. The second-order valence-electron chi connectivity index (χ2n) is 6.57. The van der Waals surface area contributed by atoms with Crippen molar-refractivity contribution >= 4 is 12.1 Å². The summed E-state index contributed by atoms with van der Waals surface area (Å²) in [7, 11) is 1.34. The standard InChI is InChI=1S/C21H23NO4/c1-14(16-7-11-19(12-8-16)20(23)25-2)22-21(24)26-13-15-3-5-17(6-4-15)18-9-10-18/h3-8,11-12,14,18H,9-10,13H2,1-2H3,(H,22,24)/t14-/m0/s1. The Morgan fingerprint density at radius 1 is 1.08 bits per heavy atom. The Hall–Kier alpha value is -2.82. The van der Waals surface area contributed by atoms with Crippen molar-refractivity contribution in [2.24, 2.45) is 0 Å². The number of nitrogens with one attached hydrogen (secondary N) is 1. The third-order valence-electron chi connectivity index (χ3n) is 4.56. The number of hydrogen-bond acceptors (Lipinski definition) is 4. The molecule has 0 aromatic heterocycles. The van der Waals surface area contributed by atoms with E-state index in [4.69, 9.17) is 4.74 Å². The molecule has 1 amide bonds. The normalized spacial score (nSPS) is 14.4. The maximum atomic E-state index is 12.0. The molecule has 1 N–H and O–H groups in total. The lowest BCUT2D eigenvalue weighted by atomic mass is 10.1. The molecule has 0 heterocycles. The predicted molar refractivity (Wildman–Crippen MR) is 97.9 cm³/mol. The molecule has 26 heavy (non-hydrogen) atoms. The van der Waals surface area contributed by atoms with Crippen molar-refractivity contribution in [1.82, 2.24) is 5.32 Å². The molecule has 1 fully saturated rings. The van der Waals surface area contributed by atoms with Gasteiger partial charge in [0.15, 0.2) is 0 Å². The van der Waals surface area contributed by atoms with Crippen LogP contribution in [0.25, 0.3) is 0 Å². The van der Waals surface area contributed by atoms with Gasteiger partial charge in [-0.25, -0.2) is 9.59 Å². The van der Waals surface area contributed by atoms with Crippen LogP contribution in [0.2, 0.25) is 0 Å². The lowest BCUT2D eigenvalue weighted by Gasteiger charge is -2.15. The van der Waals surface area contributed by atoms with Gasteiger partial charge in [-0.15, -0.1) is 0 Å². The summed E-state index contributed by atoms with van der Waals surface area (Å²) in [5.41, 5.74) is 3.69. The number of carbonyl (C=O) groups excluding carboxylic acids is 2. The van der Waals surface area contributed by atoms with Crippen LogP contribution in [0.15, 0.2) is 48.5 Å². The van der Waals surface area contributed by atoms with Gasteiger partial charge in [-0.05, 0) is 54.5 Å². The minimum atomic E-state index is -0.471. The molecule has 1 aliphatic carbocycles. The summed E-state index contributed by atoms with van der Waals surface area (Å²) < 4.78 is 9.96. The molecule has 2 aromatic rings. The topological polar surface area (TPSA) is 64.6 Å². The molecule has 0 saturated heterocycles. The van der Waals surface area contributed by atoms with E-state index >= 15 is 0 Å². The molecule has 5 heteroatoms. The summed E-state index contributed by atoms with van der Waals surface area (Å²) in [6.07, 6.45) is 2.08. The highest BCUT2D eigenvalue weighted by Gasteiger charge is 2.23. The average Bonchev–Trinajstić information content (AvgIpc) is 3.51. The van der Waals surface area contributed by atoms with Crippen LogP contribution in [0, 0.1) is 0 Å². The number of alkyl carbamates (subject to hydrolysis) is 1. The first-order valence-electron chi connectivity index (χ1n) is 8.77. The summed E-state index contributed by atoms with van der Waals surface area (Å²) in [6, 6.07) is 14.9. The van der Waals surface area contributed by atoms with Gasteiger partial charge < -0.3 is 14.8 Å². The summed E-state index contributed by atoms with van der Waals surface area (Å²) >= 11 is 0. The number of amides is 1. The van der Waals surface area contributed by atoms with Gasteiger partial charge in [0.25, 0.3) is 0 Å². The number of carbonyl (C=O) groups is 2. The summed E-state index contributed by atoms with van der Waals surface area (Å²) in [5.74, 6) is 0.337. The van der Waals surface area contributed by atoms with Crippen molar-refractivity contribution in [3.8, 4) is 0 Å². The molecular formula is C21H23NO4. The Bertz CT molecular complexity index is 764. The third-order valence-corrected chi connectivity index (χ3v) is 4.56. The van der Waals surface area contributed by atoms with Crippen LogP contribution < -0.4 is 5.32 Å². The zero-order valence-corrected chi connectivity index (χ0v) is 15.0. The Morgan fingerprint density at radius 2 is 1.73 bits per heavy atom. The first-order chi connectivity index (χ1) is 12.6. The van der Waals surface area contributed by atoms with Crippen LogP contribution in [-0.2, 0) is 16.1 Å². The molecule has 0 unspecified atom stereocenters. The van der Waals surface area contributed by atoms with E-state index in [1.165, 1.54) is 25.5 Å².